The Hall–Kier alpha value is -2.81. The van der Waals surface area contributed by atoms with E-state index in [1.165, 1.54) is 5.56 Å². The van der Waals surface area contributed by atoms with E-state index in [-0.39, 0.29) is 6.04 Å². The van der Waals surface area contributed by atoms with Crippen molar-refractivity contribution in [1.82, 2.24) is 0 Å². The van der Waals surface area contributed by atoms with E-state index in [4.69, 9.17) is 9.41 Å². The van der Waals surface area contributed by atoms with Gasteiger partial charge in [-0.15, -0.1) is 0 Å². The molecule has 0 amide bonds. The number of aliphatic imine (C=N–C) groups is 1. The summed E-state index contributed by atoms with van der Waals surface area (Å²) in [5.41, 5.74) is 5.49. The van der Waals surface area contributed by atoms with Crippen LogP contribution in [0.2, 0.25) is 0 Å². The molecule has 0 aliphatic carbocycles. The molecule has 1 aliphatic rings. The molecular weight excluding hydrogens is 284 g/mol. The lowest BCUT2D eigenvalue weighted by molar-refractivity contribution is 0.484. The van der Waals surface area contributed by atoms with Crippen LogP contribution in [-0.2, 0) is 0 Å². The number of fused-ring (bicyclic) bond motifs is 1. The molecule has 114 valence electrons. The second kappa shape index (κ2) is 5.76. The molecule has 0 bridgehead atoms. The smallest absolute Gasteiger partial charge is 0.126 e. The van der Waals surface area contributed by atoms with Gasteiger partial charge < -0.3 is 9.73 Å². The number of rotatable bonds is 2. The highest BCUT2D eigenvalue weighted by atomic mass is 16.3. The van der Waals surface area contributed by atoms with E-state index in [0.29, 0.717) is 0 Å². The molecule has 23 heavy (non-hydrogen) atoms. The molecule has 0 saturated heterocycles. The third kappa shape index (κ3) is 2.78. The molecule has 0 radical (unpaired) electrons. The number of furan rings is 1. The van der Waals surface area contributed by atoms with E-state index in [1.807, 2.05) is 30.3 Å². The number of hydrogen-bond acceptors (Lipinski definition) is 3. The van der Waals surface area contributed by atoms with Gasteiger partial charge in [0.2, 0.25) is 0 Å². The summed E-state index contributed by atoms with van der Waals surface area (Å²) in [6.45, 7) is 2.10. The Morgan fingerprint density at radius 1 is 1.00 bits per heavy atom. The number of aryl methyl sites for hydroxylation is 1. The average Bonchev–Trinajstić information content (AvgIpc) is 3.03. The van der Waals surface area contributed by atoms with E-state index in [0.717, 1.165) is 34.8 Å². The van der Waals surface area contributed by atoms with Gasteiger partial charge in [0.05, 0.1) is 29.4 Å². The highest BCUT2D eigenvalue weighted by molar-refractivity contribution is 6.04. The van der Waals surface area contributed by atoms with Crippen LogP contribution in [0.3, 0.4) is 0 Å². The van der Waals surface area contributed by atoms with E-state index >= 15 is 0 Å². The Labute approximate surface area is 135 Å². The minimum absolute atomic E-state index is 0.0775. The number of hydrogen-bond donors (Lipinski definition) is 1. The Morgan fingerprint density at radius 2 is 1.83 bits per heavy atom. The highest BCUT2D eigenvalue weighted by Crippen LogP contribution is 2.35. The van der Waals surface area contributed by atoms with Crippen LogP contribution in [0, 0.1) is 6.92 Å². The molecule has 1 unspecified atom stereocenters. The predicted molar refractivity (Wildman–Crippen MR) is 93.5 cm³/mol. The number of nitrogens with zero attached hydrogens (tertiary/aromatic N) is 1. The summed E-state index contributed by atoms with van der Waals surface area (Å²) in [6, 6.07) is 20.7. The molecule has 0 saturated carbocycles. The van der Waals surface area contributed by atoms with Gasteiger partial charge in [0.25, 0.3) is 0 Å². The second-order valence-corrected chi connectivity index (χ2v) is 5.86. The molecule has 3 heteroatoms. The van der Waals surface area contributed by atoms with Crippen LogP contribution in [0.5, 0.6) is 0 Å². The van der Waals surface area contributed by atoms with Crippen LogP contribution in [-0.4, -0.2) is 5.71 Å². The van der Waals surface area contributed by atoms with Crippen LogP contribution < -0.4 is 5.32 Å². The Kier molecular flexibility index (Phi) is 3.46. The van der Waals surface area contributed by atoms with E-state index in [1.54, 1.807) is 6.26 Å². The lowest BCUT2D eigenvalue weighted by Crippen LogP contribution is -2.13. The molecule has 0 fully saturated rings. The van der Waals surface area contributed by atoms with Crippen molar-refractivity contribution in [3.63, 3.8) is 0 Å². The summed E-state index contributed by atoms with van der Waals surface area (Å²) in [4.78, 5) is 4.91. The molecule has 2 heterocycles. The van der Waals surface area contributed by atoms with Crippen molar-refractivity contribution in [3.05, 3.63) is 83.8 Å². The van der Waals surface area contributed by atoms with Crippen molar-refractivity contribution in [2.45, 2.75) is 19.4 Å². The fourth-order valence-electron chi connectivity index (χ4n) is 2.91. The number of nitrogens with one attached hydrogen (secondary N) is 1. The van der Waals surface area contributed by atoms with Crippen molar-refractivity contribution < 1.29 is 4.42 Å². The van der Waals surface area contributed by atoms with Gasteiger partial charge in [0, 0.05) is 6.42 Å². The Bertz CT molecular complexity index is 832. The predicted octanol–water partition coefficient (Wildman–Crippen LogP) is 5.27. The topological polar surface area (TPSA) is 37.5 Å². The number of anilines is 1. The van der Waals surface area contributed by atoms with Gasteiger partial charge in [0.15, 0.2) is 0 Å². The largest absolute Gasteiger partial charge is 0.467 e. The lowest BCUT2D eigenvalue weighted by atomic mass is 10.0. The molecule has 3 aromatic rings. The third-order valence-corrected chi connectivity index (χ3v) is 4.16. The molecule has 1 atom stereocenters. The van der Waals surface area contributed by atoms with Gasteiger partial charge in [-0.25, -0.2) is 0 Å². The first-order chi connectivity index (χ1) is 11.3. The van der Waals surface area contributed by atoms with Gasteiger partial charge in [-0.2, -0.15) is 0 Å². The zero-order valence-electron chi connectivity index (χ0n) is 13.0. The maximum Gasteiger partial charge on any atom is 0.126 e. The van der Waals surface area contributed by atoms with Crippen LogP contribution in [0.25, 0.3) is 0 Å². The van der Waals surface area contributed by atoms with Gasteiger partial charge in [-0.05, 0) is 36.8 Å². The van der Waals surface area contributed by atoms with E-state index in [9.17, 15) is 0 Å². The van der Waals surface area contributed by atoms with Crippen molar-refractivity contribution in [2.24, 2.45) is 4.99 Å². The molecule has 1 aliphatic heterocycles. The first-order valence-corrected chi connectivity index (χ1v) is 7.83. The molecular formula is C20H18N2O. The second-order valence-electron chi connectivity index (χ2n) is 5.86. The number of benzene rings is 2. The first kappa shape index (κ1) is 13.8. The normalized spacial score (nSPS) is 16.9. The van der Waals surface area contributed by atoms with Crippen molar-refractivity contribution in [1.29, 1.82) is 0 Å². The first-order valence-electron chi connectivity index (χ1n) is 7.83. The van der Waals surface area contributed by atoms with Crippen molar-refractivity contribution >= 4 is 17.1 Å². The summed E-state index contributed by atoms with van der Waals surface area (Å²) in [7, 11) is 0. The summed E-state index contributed by atoms with van der Waals surface area (Å²) >= 11 is 0. The quantitative estimate of drug-likeness (QED) is 0.700. The molecule has 1 aromatic heterocycles. The average molecular weight is 302 g/mol. The van der Waals surface area contributed by atoms with Crippen LogP contribution in [0.1, 0.15) is 29.3 Å². The van der Waals surface area contributed by atoms with Crippen molar-refractivity contribution in [3.8, 4) is 0 Å². The fraction of sp³-hybridized carbons (Fsp3) is 0.150. The molecule has 2 aromatic carbocycles. The molecule has 4 rings (SSSR count). The molecule has 1 N–H and O–H groups in total. The standard InChI is InChI=1S/C20H18N2O/c1-14-8-10-15(11-9-14)18-13-19(20-7-4-12-23-20)22-17-6-3-2-5-16(17)21-18/h2-12,19,22H,13H2,1H3. The Morgan fingerprint density at radius 3 is 2.61 bits per heavy atom. The van der Waals surface area contributed by atoms with Crippen molar-refractivity contribution in [2.75, 3.05) is 5.32 Å². The van der Waals surface area contributed by atoms with Gasteiger partial charge in [0.1, 0.15) is 5.76 Å². The maximum atomic E-state index is 5.63. The Balaban J connectivity index is 1.80. The monoisotopic (exact) mass is 302 g/mol. The van der Waals surface area contributed by atoms with Crippen LogP contribution in [0.15, 0.2) is 76.3 Å². The van der Waals surface area contributed by atoms with E-state index in [2.05, 4.69) is 42.6 Å². The summed E-state index contributed by atoms with van der Waals surface area (Å²) in [5.74, 6) is 0.932. The summed E-state index contributed by atoms with van der Waals surface area (Å²) in [6.07, 6.45) is 2.50. The van der Waals surface area contributed by atoms with Crippen LogP contribution >= 0.6 is 0 Å². The molecule has 3 nitrogen and oxygen atoms in total. The summed E-state index contributed by atoms with van der Waals surface area (Å²) < 4.78 is 5.63. The zero-order chi connectivity index (χ0) is 15.6. The van der Waals surface area contributed by atoms with Gasteiger partial charge in [-0.1, -0.05) is 42.0 Å². The molecule has 0 spiro atoms. The minimum atomic E-state index is 0.0775. The maximum absolute atomic E-state index is 5.63. The minimum Gasteiger partial charge on any atom is -0.467 e. The number of para-hydroxylation sites is 2. The van der Waals surface area contributed by atoms with E-state index < -0.39 is 0 Å². The third-order valence-electron chi connectivity index (χ3n) is 4.16. The van der Waals surface area contributed by atoms with Gasteiger partial charge in [-0.3, -0.25) is 4.99 Å². The highest BCUT2D eigenvalue weighted by Gasteiger charge is 2.22. The van der Waals surface area contributed by atoms with Gasteiger partial charge >= 0.3 is 0 Å². The fourth-order valence-corrected chi connectivity index (χ4v) is 2.91. The summed E-state index contributed by atoms with van der Waals surface area (Å²) in [5, 5.41) is 3.56. The lowest BCUT2D eigenvalue weighted by Gasteiger charge is -2.16. The van der Waals surface area contributed by atoms with Crippen LogP contribution in [0.4, 0.5) is 11.4 Å². The SMILES string of the molecule is Cc1ccc(C2=Nc3ccccc3NC(c3ccco3)C2)cc1. The zero-order valence-corrected chi connectivity index (χ0v) is 13.0.